The molecule has 2 aromatic rings. The van der Waals surface area contributed by atoms with Gasteiger partial charge in [0.05, 0.1) is 11.4 Å². The maximum absolute atomic E-state index is 13.5. The third-order valence-corrected chi connectivity index (χ3v) is 7.76. The van der Waals surface area contributed by atoms with Crippen LogP contribution in [0.4, 0.5) is 4.39 Å². The minimum atomic E-state index is -3.81. The molecule has 1 heterocycles. The zero-order chi connectivity index (χ0) is 24.0. The minimum absolute atomic E-state index is 0.0381. The van der Waals surface area contributed by atoms with E-state index in [2.05, 4.69) is 10.3 Å². The van der Waals surface area contributed by atoms with Crippen molar-refractivity contribution in [2.75, 3.05) is 40.3 Å². The van der Waals surface area contributed by atoms with Crippen LogP contribution in [-0.2, 0) is 21.2 Å². The van der Waals surface area contributed by atoms with Crippen molar-refractivity contribution in [3.8, 4) is 0 Å². The van der Waals surface area contributed by atoms with Crippen molar-refractivity contribution in [3.63, 3.8) is 0 Å². The van der Waals surface area contributed by atoms with E-state index in [9.17, 15) is 17.6 Å². The maximum Gasteiger partial charge on any atom is 0.243 e. The average molecular weight is 475 g/mol. The molecule has 33 heavy (non-hydrogen) atoms. The van der Waals surface area contributed by atoms with E-state index >= 15 is 0 Å². The van der Waals surface area contributed by atoms with Crippen molar-refractivity contribution in [3.05, 3.63) is 65.0 Å². The topological polar surface area (TPSA) is 82.1 Å². The number of nitrogens with one attached hydrogen (secondary N) is 1. The van der Waals surface area contributed by atoms with E-state index in [1.807, 2.05) is 24.3 Å². The Hall–Kier alpha value is -2.78. The molecule has 0 saturated carbocycles. The highest BCUT2D eigenvalue weighted by atomic mass is 32.2. The molecular formula is C24H31FN4O3S. The van der Waals surface area contributed by atoms with Crippen LogP contribution in [0, 0.1) is 12.7 Å². The van der Waals surface area contributed by atoms with E-state index < -0.39 is 15.8 Å². The number of carbonyl (C=O) groups excluding carboxylic acids is 1. The molecule has 0 bridgehead atoms. The number of halogens is 1. The average Bonchev–Trinajstić information content (AvgIpc) is 3.34. The number of likely N-dealkylation sites (N-methyl/N-ethyl adjacent to an activating group) is 1. The van der Waals surface area contributed by atoms with Crippen LogP contribution >= 0.6 is 0 Å². The van der Waals surface area contributed by atoms with E-state index in [0.717, 1.165) is 42.5 Å². The molecule has 0 aliphatic carbocycles. The highest BCUT2D eigenvalue weighted by Gasteiger charge is 2.23. The molecule has 0 saturated heterocycles. The fraction of sp³-hybridized carbons (Fsp3) is 0.417. The third kappa shape index (κ3) is 6.39. The van der Waals surface area contributed by atoms with Gasteiger partial charge >= 0.3 is 0 Å². The van der Waals surface area contributed by atoms with Gasteiger partial charge in [-0.1, -0.05) is 30.3 Å². The molecule has 0 radical (unpaired) electrons. The van der Waals surface area contributed by atoms with E-state index in [1.54, 1.807) is 18.9 Å². The van der Waals surface area contributed by atoms with Crippen LogP contribution < -0.4 is 5.32 Å². The van der Waals surface area contributed by atoms with Gasteiger partial charge in [0.25, 0.3) is 0 Å². The smallest absolute Gasteiger partial charge is 0.243 e. The van der Waals surface area contributed by atoms with Gasteiger partial charge in [-0.05, 0) is 43.0 Å². The van der Waals surface area contributed by atoms with Crippen LogP contribution in [0.25, 0.3) is 0 Å². The van der Waals surface area contributed by atoms with Gasteiger partial charge in [-0.3, -0.25) is 9.79 Å². The lowest BCUT2D eigenvalue weighted by atomic mass is 10.1. The molecule has 2 aromatic carbocycles. The molecular weight excluding hydrogens is 443 g/mol. The first-order chi connectivity index (χ1) is 15.7. The Balaban J connectivity index is 1.44. The Labute approximate surface area is 195 Å². The Morgan fingerprint density at radius 2 is 1.85 bits per heavy atom. The first-order valence-electron chi connectivity index (χ1n) is 11.0. The van der Waals surface area contributed by atoms with Crippen molar-refractivity contribution in [2.45, 2.75) is 31.1 Å². The number of amides is 1. The van der Waals surface area contributed by atoms with Crippen LogP contribution in [0.15, 0.2) is 52.4 Å². The number of aliphatic imine (C=N–C) groups is 1. The van der Waals surface area contributed by atoms with Crippen molar-refractivity contribution in [2.24, 2.45) is 4.99 Å². The number of hydrogen-bond acceptors (Lipinski definition) is 5. The first kappa shape index (κ1) is 24.9. The largest absolute Gasteiger partial charge is 0.368 e. The fourth-order valence-corrected chi connectivity index (χ4v) is 5.07. The molecule has 0 aromatic heterocycles. The lowest BCUT2D eigenvalue weighted by Crippen LogP contribution is -2.31. The number of rotatable bonds is 10. The molecule has 7 nitrogen and oxygen atoms in total. The minimum Gasteiger partial charge on any atom is -0.368 e. The summed E-state index contributed by atoms with van der Waals surface area (Å²) in [5.41, 5.74) is 2.68. The van der Waals surface area contributed by atoms with Gasteiger partial charge in [0, 0.05) is 45.7 Å². The molecule has 178 valence electrons. The van der Waals surface area contributed by atoms with Crippen molar-refractivity contribution in [1.82, 2.24) is 14.5 Å². The van der Waals surface area contributed by atoms with Crippen LogP contribution in [-0.4, -0.2) is 69.6 Å². The quantitative estimate of drug-likeness (QED) is 0.574. The summed E-state index contributed by atoms with van der Waals surface area (Å²) >= 11 is 0. The lowest BCUT2D eigenvalue weighted by molar-refractivity contribution is -0.130. The normalized spacial score (nSPS) is 13.7. The van der Waals surface area contributed by atoms with Gasteiger partial charge in [-0.25, -0.2) is 17.1 Å². The molecule has 0 spiro atoms. The summed E-state index contributed by atoms with van der Waals surface area (Å²) in [4.78, 5) is 18.5. The zero-order valence-electron chi connectivity index (χ0n) is 19.3. The summed E-state index contributed by atoms with van der Waals surface area (Å²) in [6.07, 6.45) is 1.36. The molecule has 0 atom stereocenters. The van der Waals surface area contributed by atoms with Crippen LogP contribution in [0.3, 0.4) is 0 Å². The first-order valence-corrected chi connectivity index (χ1v) is 12.5. The second-order valence-corrected chi connectivity index (χ2v) is 10.3. The number of aryl methyl sites for hydroxylation is 1. The predicted molar refractivity (Wildman–Crippen MR) is 127 cm³/mol. The van der Waals surface area contributed by atoms with Gasteiger partial charge in [-0.2, -0.15) is 0 Å². The SMILES string of the molecule is Cc1ccc(F)cc1S(=O)(=O)N(C)CCCC(=O)N(C)CCc1ccc(C2=NCCN2)cc1. The Morgan fingerprint density at radius 1 is 1.12 bits per heavy atom. The second-order valence-electron chi connectivity index (χ2n) is 8.26. The summed E-state index contributed by atoms with van der Waals surface area (Å²) in [7, 11) is -0.608. The number of amidine groups is 1. The number of hydrogen-bond donors (Lipinski definition) is 1. The van der Waals surface area contributed by atoms with Crippen molar-refractivity contribution < 1.29 is 17.6 Å². The summed E-state index contributed by atoms with van der Waals surface area (Å²) in [5, 5.41) is 3.25. The Bertz CT molecular complexity index is 1120. The van der Waals surface area contributed by atoms with E-state index in [0.29, 0.717) is 18.5 Å². The molecule has 0 fully saturated rings. The number of carbonyl (C=O) groups is 1. The lowest BCUT2D eigenvalue weighted by Gasteiger charge is -2.20. The fourth-order valence-electron chi connectivity index (χ4n) is 3.63. The molecule has 3 rings (SSSR count). The van der Waals surface area contributed by atoms with Crippen LogP contribution in [0.2, 0.25) is 0 Å². The van der Waals surface area contributed by atoms with Crippen LogP contribution in [0.5, 0.6) is 0 Å². The van der Waals surface area contributed by atoms with Gasteiger partial charge < -0.3 is 10.2 Å². The molecule has 0 unspecified atom stereocenters. The number of sulfonamides is 1. The second kappa shape index (κ2) is 10.9. The summed E-state index contributed by atoms with van der Waals surface area (Å²) in [5.74, 6) is 0.292. The van der Waals surface area contributed by atoms with Gasteiger partial charge in [-0.15, -0.1) is 0 Å². The van der Waals surface area contributed by atoms with E-state index in [-0.39, 0.29) is 23.8 Å². The molecule has 1 aliphatic rings. The third-order valence-electron chi connectivity index (χ3n) is 5.77. The van der Waals surface area contributed by atoms with Gasteiger partial charge in [0.2, 0.25) is 15.9 Å². The molecule has 1 N–H and O–H groups in total. The summed E-state index contributed by atoms with van der Waals surface area (Å²) < 4.78 is 40.2. The van der Waals surface area contributed by atoms with E-state index in [4.69, 9.17) is 0 Å². The maximum atomic E-state index is 13.5. The molecule has 1 aliphatic heterocycles. The number of nitrogens with zero attached hydrogens (tertiary/aromatic N) is 3. The van der Waals surface area contributed by atoms with Crippen molar-refractivity contribution in [1.29, 1.82) is 0 Å². The monoisotopic (exact) mass is 474 g/mol. The summed E-state index contributed by atoms with van der Waals surface area (Å²) in [6.45, 7) is 4.06. The summed E-state index contributed by atoms with van der Waals surface area (Å²) in [6, 6.07) is 11.9. The van der Waals surface area contributed by atoms with Crippen LogP contribution in [0.1, 0.15) is 29.5 Å². The highest BCUT2D eigenvalue weighted by Crippen LogP contribution is 2.20. The zero-order valence-corrected chi connectivity index (χ0v) is 20.2. The molecule has 9 heteroatoms. The molecule has 1 amide bonds. The highest BCUT2D eigenvalue weighted by molar-refractivity contribution is 7.89. The van der Waals surface area contributed by atoms with Gasteiger partial charge in [0.1, 0.15) is 11.7 Å². The van der Waals surface area contributed by atoms with Crippen molar-refractivity contribution >= 4 is 21.8 Å². The van der Waals surface area contributed by atoms with Gasteiger partial charge in [0.15, 0.2) is 0 Å². The number of benzene rings is 2. The Morgan fingerprint density at radius 3 is 2.52 bits per heavy atom. The predicted octanol–water partition coefficient (Wildman–Crippen LogP) is 2.59. The van der Waals surface area contributed by atoms with E-state index in [1.165, 1.54) is 23.5 Å². The Kier molecular flexibility index (Phi) is 8.20. The standard InChI is InChI=1S/C24H31FN4O3S/c1-18-6-11-21(25)17-22(18)33(31,32)29(3)15-4-5-23(30)28(2)16-12-19-7-9-20(10-8-19)24-26-13-14-27-24/h6-11,17H,4-5,12-16H2,1-3H3,(H,26,27).